The molecule has 3 atom stereocenters. The summed E-state index contributed by atoms with van der Waals surface area (Å²) in [5, 5.41) is 46.3. The van der Waals surface area contributed by atoms with Gasteiger partial charge in [-0.3, -0.25) is 28.8 Å². The molecule has 0 spiro atoms. The van der Waals surface area contributed by atoms with Crippen LogP contribution in [0.4, 0.5) is 0 Å². The highest BCUT2D eigenvalue weighted by atomic mass is 16.4. The summed E-state index contributed by atoms with van der Waals surface area (Å²) >= 11 is 0. The lowest BCUT2D eigenvalue weighted by molar-refractivity contribution is -0.139. The lowest BCUT2D eigenvalue weighted by atomic mass is 10.2. The van der Waals surface area contributed by atoms with Crippen molar-refractivity contribution < 1.29 is 49.2 Å². The highest BCUT2D eigenvalue weighted by Crippen LogP contribution is 1.90. The summed E-state index contributed by atoms with van der Waals surface area (Å²) in [4.78, 5) is 69.1. The molecule has 16 nitrogen and oxygen atoms in total. The third-order valence-corrected chi connectivity index (χ3v) is 3.51. The van der Waals surface area contributed by atoms with Gasteiger partial charge in [-0.15, -0.1) is 0 Å². The lowest BCUT2D eigenvalue weighted by Gasteiger charge is -2.21. The van der Waals surface area contributed by atoms with Crippen LogP contribution in [0, 0.1) is 0 Å². The van der Waals surface area contributed by atoms with Crippen LogP contribution >= 0.6 is 0 Å². The highest BCUT2D eigenvalue weighted by Gasteiger charge is 2.26. The Morgan fingerprint density at radius 2 is 1.06 bits per heavy atom. The highest BCUT2D eigenvalue weighted by molar-refractivity contribution is 5.94. The number of rotatable bonds is 14. The molecule has 0 fully saturated rings. The van der Waals surface area contributed by atoms with Gasteiger partial charge in [-0.05, 0) is 0 Å². The van der Waals surface area contributed by atoms with E-state index in [0.717, 1.165) is 0 Å². The first-order valence-corrected chi connectivity index (χ1v) is 8.78. The van der Waals surface area contributed by atoms with E-state index in [4.69, 9.17) is 21.1 Å². The van der Waals surface area contributed by atoms with Crippen LogP contribution < -0.4 is 32.3 Å². The first kappa shape index (κ1) is 27.7. The number of hydrogen-bond acceptors (Lipinski definition) is 10. The summed E-state index contributed by atoms with van der Waals surface area (Å²) in [5.41, 5.74) is 5.07. The van der Waals surface area contributed by atoms with Crippen LogP contribution in [-0.4, -0.2) is 114 Å². The minimum absolute atomic E-state index is 0.430. The number of amides is 5. The summed E-state index contributed by atoms with van der Waals surface area (Å²) < 4.78 is 0. The predicted molar refractivity (Wildman–Crippen MR) is 99.8 cm³/mol. The number of aliphatic carboxylic acids is 1. The average molecular weight is 450 g/mol. The van der Waals surface area contributed by atoms with Crippen LogP contribution in [0.3, 0.4) is 0 Å². The number of nitrogens with one attached hydrogen (secondary N) is 5. The largest absolute Gasteiger partial charge is 0.480 e. The molecule has 0 radical (unpaired) electrons. The van der Waals surface area contributed by atoms with Crippen LogP contribution in [-0.2, 0) is 28.8 Å². The fourth-order valence-electron chi connectivity index (χ4n) is 1.93. The molecule has 0 rings (SSSR count). The Balaban J connectivity index is 4.71. The molecule has 0 heterocycles. The molecule has 0 aromatic heterocycles. The zero-order valence-corrected chi connectivity index (χ0v) is 16.3. The Bertz CT molecular complexity index is 673. The first-order chi connectivity index (χ1) is 14.6. The third-order valence-electron chi connectivity index (χ3n) is 3.51. The van der Waals surface area contributed by atoms with Gasteiger partial charge in [0, 0.05) is 0 Å². The number of hydrogen-bond donors (Lipinski definition) is 10. The maximum absolute atomic E-state index is 12.1. The van der Waals surface area contributed by atoms with Crippen molar-refractivity contribution >= 4 is 35.5 Å². The number of aliphatic hydroxyl groups excluding tert-OH is 3. The van der Waals surface area contributed by atoms with Crippen LogP contribution in [0.5, 0.6) is 0 Å². The van der Waals surface area contributed by atoms with Gasteiger partial charge in [-0.2, -0.15) is 0 Å². The average Bonchev–Trinajstić information content (AvgIpc) is 2.75. The van der Waals surface area contributed by atoms with Crippen molar-refractivity contribution in [3.63, 3.8) is 0 Å². The van der Waals surface area contributed by atoms with E-state index in [0.29, 0.717) is 0 Å². The lowest BCUT2D eigenvalue weighted by Crippen LogP contribution is -2.57. The van der Waals surface area contributed by atoms with Crippen molar-refractivity contribution in [3.05, 3.63) is 0 Å². The summed E-state index contributed by atoms with van der Waals surface area (Å²) in [5.74, 6) is -6.02. The molecule has 176 valence electrons. The number of carbonyl (C=O) groups excluding carboxylic acids is 5. The summed E-state index contributed by atoms with van der Waals surface area (Å²) in [6, 6.07) is -4.49. The molecule has 0 aromatic rings. The fourth-order valence-corrected chi connectivity index (χ4v) is 1.93. The predicted octanol–water partition coefficient (Wildman–Crippen LogP) is -7.31. The zero-order chi connectivity index (χ0) is 24.0. The van der Waals surface area contributed by atoms with E-state index in [1.807, 2.05) is 10.6 Å². The van der Waals surface area contributed by atoms with Crippen molar-refractivity contribution in [2.45, 2.75) is 18.1 Å². The second-order valence-corrected chi connectivity index (χ2v) is 5.88. The number of carboxylic acids is 1. The summed E-state index contributed by atoms with van der Waals surface area (Å²) in [7, 11) is 0. The number of nitrogens with two attached hydrogens (primary N) is 1. The second kappa shape index (κ2) is 14.6. The van der Waals surface area contributed by atoms with Crippen molar-refractivity contribution in [1.82, 2.24) is 26.6 Å². The maximum atomic E-state index is 12.1. The van der Waals surface area contributed by atoms with Gasteiger partial charge in [0.1, 0.15) is 24.7 Å². The van der Waals surface area contributed by atoms with Crippen LogP contribution in [0.15, 0.2) is 0 Å². The van der Waals surface area contributed by atoms with Crippen molar-refractivity contribution in [2.24, 2.45) is 5.73 Å². The van der Waals surface area contributed by atoms with Crippen LogP contribution in [0.2, 0.25) is 0 Å². The molecule has 16 heteroatoms. The Morgan fingerprint density at radius 1 is 0.645 bits per heavy atom. The van der Waals surface area contributed by atoms with Gasteiger partial charge in [-0.25, -0.2) is 0 Å². The van der Waals surface area contributed by atoms with Gasteiger partial charge < -0.3 is 52.7 Å². The number of carboxylic acid groups (broad SMARTS) is 1. The topological polar surface area (TPSA) is 270 Å². The van der Waals surface area contributed by atoms with Gasteiger partial charge in [-0.1, -0.05) is 0 Å². The van der Waals surface area contributed by atoms with Crippen molar-refractivity contribution in [2.75, 3.05) is 39.5 Å². The second-order valence-electron chi connectivity index (χ2n) is 5.88. The van der Waals surface area contributed by atoms with E-state index in [2.05, 4.69) is 16.0 Å². The molecule has 5 amide bonds. The quantitative estimate of drug-likeness (QED) is 0.119. The molecule has 0 bridgehead atoms. The molecule has 0 saturated heterocycles. The van der Waals surface area contributed by atoms with Gasteiger partial charge in [0.2, 0.25) is 29.5 Å². The standard InChI is InChI=1S/C15H26N6O10/c16-1-10(25)19-7(4-22)13(29)17-2-11(26)20-9(6-24)15(31)21-8(5-23)14(30)18-3-12(27)28/h7-9,22-24H,1-6,16H2,(H,17,29)(H,18,30)(H,19,25)(H,20,26)(H,21,31)(H,27,28)/t7-,8-,9-/m0/s1. The van der Waals surface area contributed by atoms with Crippen molar-refractivity contribution in [1.29, 1.82) is 0 Å². The first-order valence-electron chi connectivity index (χ1n) is 8.78. The monoisotopic (exact) mass is 450 g/mol. The zero-order valence-electron chi connectivity index (χ0n) is 16.3. The SMILES string of the molecule is NCC(=O)N[C@@H](CO)C(=O)NCC(=O)N[C@@H](CO)C(=O)N[C@@H](CO)C(=O)NCC(=O)O. The fraction of sp³-hybridized carbons (Fsp3) is 0.600. The molecule has 0 aliphatic carbocycles. The number of aliphatic hydroxyl groups is 3. The van der Waals surface area contributed by atoms with E-state index in [-0.39, 0.29) is 0 Å². The Morgan fingerprint density at radius 3 is 1.52 bits per heavy atom. The van der Waals surface area contributed by atoms with E-state index in [1.165, 1.54) is 0 Å². The minimum Gasteiger partial charge on any atom is -0.480 e. The van der Waals surface area contributed by atoms with Crippen LogP contribution in [0.25, 0.3) is 0 Å². The third kappa shape index (κ3) is 10.8. The van der Waals surface area contributed by atoms with Crippen molar-refractivity contribution in [3.8, 4) is 0 Å². The molecule has 0 aromatic carbocycles. The molecule has 0 aliphatic heterocycles. The molecule has 0 saturated carbocycles. The summed E-state index contributed by atoms with van der Waals surface area (Å²) in [6.07, 6.45) is 0. The Kier molecular flexibility index (Phi) is 13.0. The normalized spacial score (nSPS) is 13.2. The number of carbonyl (C=O) groups is 6. The molecule has 0 unspecified atom stereocenters. The molecule has 31 heavy (non-hydrogen) atoms. The maximum Gasteiger partial charge on any atom is 0.322 e. The van der Waals surface area contributed by atoms with E-state index >= 15 is 0 Å². The van der Waals surface area contributed by atoms with E-state index in [1.54, 1.807) is 0 Å². The van der Waals surface area contributed by atoms with Gasteiger partial charge in [0.05, 0.1) is 32.9 Å². The van der Waals surface area contributed by atoms with E-state index < -0.39 is 93.1 Å². The molecular formula is C15H26N6O10. The van der Waals surface area contributed by atoms with Gasteiger partial charge in [0.25, 0.3) is 0 Å². The smallest absolute Gasteiger partial charge is 0.322 e. The Hall–Kier alpha value is -3.34. The van der Waals surface area contributed by atoms with E-state index in [9.17, 15) is 33.9 Å². The molecule has 0 aliphatic rings. The van der Waals surface area contributed by atoms with Crippen LogP contribution in [0.1, 0.15) is 0 Å². The molecular weight excluding hydrogens is 424 g/mol. The minimum atomic E-state index is -1.57. The van der Waals surface area contributed by atoms with Gasteiger partial charge in [0.15, 0.2) is 0 Å². The molecule has 11 N–H and O–H groups in total. The Labute approximate surface area is 175 Å². The van der Waals surface area contributed by atoms with Gasteiger partial charge >= 0.3 is 5.97 Å². The summed E-state index contributed by atoms with van der Waals surface area (Å²) in [6.45, 7) is -4.46.